The van der Waals surface area contributed by atoms with Gasteiger partial charge in [0.25, 0.3) is 0 Å². The van der Waals surface area contributed by atoms with Crippen molar-refractivity contribution < 1.29 is 14.7 Å². The molecule has 0 heterocycles. The molecule has 0 amide bonds. The van der Waals surface area contributed by atoms with Gasteiger partial charge in [-0.3, -0.25) is 4.79 Å². The Kier molecular flexibility index (Phi) is 5.02. The van der Waals surface area contributed by atoms with Gasteiger partial charge in [-0.05, 0) is 6.92 Å². The lowest BCUT2D eigenvalue weighted by Gasteiger charge is -2.01. The predicted octanol–water partition coefficient (Wildman–Crippen LogP) is 0.782. The van der Waals surface area contributed by atoms with E-state index in [1.807, 2.05) is 0 Å². The first kappa shape index (κ1) is 9.49. The highest BCUT2D eigenvalue weighted by molar-refractivity contribution is 8.00. The van der Waals surface area contributed by atoms with Crippen LogP contribution in [0.15, 0.2) is 0 Å². The van der Waals surface area contributed by atoms with Crippen molar-refractivity contribution in [3.63, 3.8) is 0 Å². The third-order valence-electron chi connectivity index (χ3n) is 0.951. The van der Waals surface area contributed by atoms with Crippen molar-refractivity contribution in [2.24, 2.45) is 0 Å². The standard InChI is InChI=1S/C6H10O3S/c1-5(6(8)9)10-4-2-3-7/h3,5H,2,4H2,1H3,(H,8,9). The van der Waals surface area contributed by atoms with E-state index in [1.54, 1.807) is 6.92 Å². The van der Waals surface area contributed by atoms with Crippen LogP contribution in [0.25, 0.3) is 0 Å². The van der Waals surface area contributed by atoms with E-state index in [9.17, 15) is 9.59 Å². The summed E-state index contributed by atoms with van der Waals surface area (Å²) in [6.07, 6.45) is 1.23. The molecule has 0 saturated carbocycles. The number of hydrogen-bond donors (Lipinski definition) is 1. The molecule has 4 heteroatoms. The molecule has 1 atom stereocenters. The zero-order valence-corrected chi connectivity index (χ0v) is 6.56. The topological polar surface area (TPSA) is 54.4 Å². The summed E-state index contributed by atoms with van der Waals surface area (Å²) in [5.41, 5.74) is 0. The van der Waals surface area contributed by atoms with Crippen LogP contribution in [-0.2, 0) is 9.59 Å². The van der Waals surface area contributed by atoms with Crippen LogP contribution in [0.5, 0.6) is 0 Å². The largest absolute Gasteiger partial charge is 0.480 e. The Hall–Kier alpha value is -0.510. The van der Waals surface area contributed by atoms with Gasteiger partial charge in [-0.2, -0.15) is 0 Å². The van der Waals surface area contributed by atoms with E-state index in [4.69, 9.17) is 5.11 Å². The van der Waals surface area contributed by atoms with Crippen molar-refractivity contribution in [2.45, 2.75) is 18.6 Å². The van der Waals surface area contributed by atoms with Crippen LogP contribution in [0.4, 0.5) is 0 Å². The quantitative estimate of drug-likeness (QED) is 0.479. The minimum absolute atomic E-state index is 0.403. The summed E-state index contributed by atoms with van der Waals surface area (Å²) < 4.78 is 0. The van der Waals surface area contributed by atoms with E-state index in [-0.39, 0.29) is 0 Å². The maximum atomic E-state index is 10.2. The highest BCUT2D eigenvalue weighted by Crippen LogP contribution is 2.10. The summed E-state index contributed by atoms with van der Waals surface area (Å²) in [6.45, 7) is 1.61. The van der Waals surface area contributed by atoms with Crippen molar-refractivity contribution >= 4 is 24.0 Å². The van der Waals surface area contributed by atoms with Crippen LogP contribution < -0.4 is 0 Å². The van der Waals surface area contributed by atoms with Crippen LogP contribution in [0, 0.1) is 0 Å². The fraction of sp³-hybridized carbons (Fsp3) is 0.667. The van der Waals surface area contributed by atoms with Gasteiger partial charge >= 0.3 is 5.97 Å². The molecule has 0 aromatic rings. The van der Waals surface area contributed by atoms with Gasteiger partial charge in [0.1, 0.15) is 6.29 Å². The van der Waals surface area contributed by atoms with Gasteiger partial charge in [0, 0.05) is 12.2 Å². The third-order valence-corrected chi connectivity index (χ3v) is 2.12. The molecule has 0 rings (SSSR count). The summed E-state index contributed by atoms with van der Waals surface area (Å²) >= 11 is 1.28. The van der Waals surface area contributed by atoms with Crippen LogP contribution >= 0.6 is 11.8 Å². The molecular weight excluding hydrogens is 152 g/mol. The van der Waals surface area contributed by atoms with Crippen molar-refractivity contribution in [1.82, 2.24) is 0 Å². The fourth-order valence-electron chi connectivity index (χ4n) is 0.364. The molecule has 1 unspecified atom stereocenters. The maximum Gasteiger partial charge on any atom is 0.316 e. The maximum absolute atomic E-state index is 10.2. The van der Waals surface area contributed by atoms with Crippen LogP contribution in [0.1, 0.15) is 13.3 Å². The van der Waals surface area contributed by atoms with Crippen molar-refractivity contribution in [3.05, 3.63) is 0 Å². The van der Waals surface area contributed by atoms with E-state index >= 15 is 0 Å². The lowest BCUT2D eigenvalue weighted by molar-refractivity contribution is -0.136. The molecule has 0 aromatic heterocycles. The Labute approximate surface area is 63.8 Å². The van der Waals surface area contributed by atoms with Gasteiger partial charge in [-0.1, -0.05) is 0 Å². The number of hydrogen-bond acceptors (Lipinski definition) is 3. The van der Waals surface area contributed by atoms with Crippen molar-refractivity contribution in [2.75, 3.05) is 5.75 Å². The second kappa shape index (κ2) is 5.29. The van der Waals surface area contributed by atoms with E-state index in [0.29, 0.717) is 12.2 Å². The minimum Gasteiger partial charge on any atom is -0.480 e. The molecule has 0 aliphatic heterocycles. The van der Waals surface area contributed by atoms with E-state index in [2.05, 4.69) is 0 Å². The Balaban J connectivity index is 3.30. The van der Waals surface area contributed by atoms with E-state index in [0.717, 1.165) is 6.29 Å². The average Bonchev–Trinajstić information content (AvgIpc) is 1.88. The first-order chi connectivity index (χ1) is 4.68. The molecule has 0 bridgehead atoms. The lowest BCUT2D eigenvalue weighted by Crippen LogP contribution is -2.11. The molecule has 0 aliphatic rings. The van der Waals surface area contributed by atoms with Gasteiger partial charge in [0.05, 0.1) is 5.25 Å². The Morgan fingerprint density at radius 3 is 2.80 bits per heavy atom. The molecule has 0 radical (unpaired) electrons. The lowest BCUT2D eigenvalue weighted by atomic mass is 10.5. The first-order valence-electron chi connectivity index (χ1n) is 2.96. The average molecular weight is 162 g/mol. The first-order valence-corrected chi connectivity index (χ1v) is 4.01. The Morgan fingerprint density at radius 2 is 2.40 bits per heavy atom. The predicted molar refractivity (Wildman–Crippen MR) is 40.2 cm³/mol. The number of carboxylic acids is 1. The van der Waals surface area contributed by atoms with Crippen molar-refractivity contribution in [3.8, 4) is 0 Å². The molecule has 0 saturated heterocycles. The fourth-order valence-corrected chi connectivity index (χ4v) is 1.09. The SMILES string of the molecule is CC(SCCC=O)C(=O)O. The zero-order valence-electron chi connectivity index (χ0n) is 5.74. The molecule has 3 nitrogen and oxygen atoms in total. The highest BCUT2D eigenvalue weighted by atomic mass is 32.2. The normalized spacial score (nSPS) is 12.5. The summed E-state index contributed by atoms with van der Waals surface area (Å²) in [5.74, 6) is -0.229. The number of thioether (sulfide) groups is 1. The van der Waals surface area contributed by atoms with Gasteiger partial charge < -0.3 is 9.90 Å². The van der Waals surface area contributed by atoms with E-state index < -0.39 is 11.2 Å². The molecule has 58 valence electrons. The second-order valence-electron chi connectivity index (χ2n) is 1.81. The highest BCUT2D eigenvalue weighted by Gasteiger charge is 2.09. The monoisotopic (exact) mass is 162 g/mol. The summed E-state index contributed by atoms with van der Waals surface area (Å²) in [5, 5.41) is 7.97. The Morgan fingerprint density at radius 1 is 1.80 bits per heavy atom. The molecule has 0 fully saturated rings. The molecule has 10 heavy (non-hydrogen) atoms. The molecule has 0 aromatic carbocycles. The van der Waals surface area contributed by atoms with Gasteiger partial charge in [-0.25, -0.2) is 0 Å². The molecule has 1 N–H and O–H groups in total. The number of carboxylic acid groups (broad SMARTS) is 1. The minimum atomic E-state index is -0.823. The second-order valence-corrected chi connectivity index (χ2v) is 3.26. The van der Waals surface area contributed by atoms with Crippen LogP contribution in [0.2, 0.25) is 0 Å². The third kappa shape index (κ3) is 4.38. The van der Waals surface area contributed by atoms with Gasteiger partial charge in [0.2, 0.25) is 0 Å². The van der Waals surface area contributed by atoms with Gasteiger partial charge in [-0.15, -0.1) is 11.8 Å². The van der Waals surface area contributed by atoms with E-state index in [1.165, 1.54) is 11.8 Å². The smallest absolute Gasteiger partial charge is 0.316 e. The summed E-state index contributed by atoms with van der Waals surface area (Å²) in [4.78, 5) is 20.0. The number of carbonyl (C=O) groups excluding carboxylic acids is 1. The number of aliphatic carboxylic acids is 1. The Bertz CT molecular complexity index is 124. The number of aldehydes is 1. The number of rotatable bonds is 5. The summed E-state index contributed by atoms with van der Waals surface area (Å²) in [7, 11) is 0. The van der Waals surface area contributed by atoms with Crippen LogP contribution in [-0.4, -0.2) is 28.4 Å². The summed E-state index contributed by atoms with van der Waals surface area (Å²) in [6, 6.07) is 0. The molecular formula is C6H10O3S. The molecule has 0 spiro atoms. The zero-order chi connectivity index (χ0) is 7.98. The van der Waals surface area contributed by atoms with Crippen molar-refractivity contribution in [1.29, 1.82) is 0 Å². The van der Waals surface area contributed by atoms with Gasteiger partial charge in [0.15, 0.2) is 0 Å². The molecule has 0 aliphatic carbocycles. The number of carbonyl (C=O) groups is 2. The van der Waals surface area contributed by atoms with Crippen LogP contribution in [0.3, 0.4) is 0 Å².